The monoisotopic (exact) mass is 250 g/mol. The smallest absolute Gasteiger partial charge is 0.0984 e. The predicted molar refractivity (Wildman–Crippen MR) is 73.4 cm³/mol. The van der Waals surface area contributed by atoms with Crippen LogP contribution in [-0.4, -0.2) is 14.9 Å². The van der Waals surface area contributed by atoms with Crippen molar-refractivity contribution in [2.75, 3.05) is 0 Å². The molecule has 3 nitrogen and oxygen atoms in total. The number of aliphatic hydroxyl groups excluding tert-OH is 1. The van der Waals surface area contributed by atoms with E-state index in [0.717, 1.165) is 37.2 Å². The van der Waals surface area contributed by atoms with E-state index in [2.05, 4.69) is 25.0 Å². The number of hydrogen-bond acceptors (Lipinski definition) is 2. The number of nitrogens with zero attached hydrogens (tertiary/aromatic N) is 2. The minimum atomic E-state index is -0.323. The van der Waals surface area contributed by atoms with Gasteiger partial charge in [-0.05, 0) is 38.2 Å². The number of hydrogen-bond donors (Lipinski definition) is 1. The lowest BCUT2D eigenvalue weighted by Gasteiger charge is -2.21. The predicted octanol–water partition coefficient (Wildman–Crippen LogP) is 3.47. The second kappa shape index (κ2) is 6.37. The molecule has 1 saturated carbocycles. The van der Waals surface area contributed by atoms with Crippen LogP contribution < -0.4 is 0 Å². The molecule has 0 aromatic carbocycles. The summed E-state index contributed by atoms with van der Waals surface area (Å²) in [6, 6.07) is 2.10. The van der Waals surface area contributed by atoms with E-state index in [-0.39, 0.29) is 6.10 Å². The highest BCUT2D eigenvalue weighted by Crippen LogP contribution is 2.33. The first-order valence-electron chi connectivity index (χ1n) is 7.51. The molecule has 1 aromatic rings. The van der Waals surface area contributed by atoms with Gasteiger partial charge in [-0.25, -0.2) is 0 Å². The molecule has 0 bridgehead atoms. The van der Waals surface area contributed by atoms with Crippen molar-refractivity contribution in [1.29, 1.82) is 0 Å². The lowest BCUT2D eigenvalue weighted by Crippen LogP contribution is -2.16. The van der Waals surface area contributed by atoms with Gasteiger partial charge in [0, 0.05) is 6.54 Å². The molecule has 0 saturated heterocycles. The molecule has 3 heteroatoms. The van der Waals surface area contributed by atoms with Crippen LogP contribution in [0.25, 0.3) is 0 Å². The van der Waals surface area contributed by atoms with Crippen molar-refractivity contribution in [3.63, 3.8) is 0 Å². The molecular formula is C15H26N2O. The Morgan fingerprint density at radius 2 is 1.94 bits per heavy atom. The molecular weight excluding hydrogens is 224 g/mol. The molecule has 102 valence electrons. The summed E-state index contributed by atoms with van der Waals surface area (Å²) in [5.74, 6) is 0.430. The van der Waals surface area contributed by atoms with E-state index in [4.69, 9.17) is 0 Å². The van der Waals surface area contributed by atoms with Crippen LogP contribution in [-0.2, 0) is 13.0 Å². The van der Waals surface area contributed by atoms with Crippen molar-refractivity contribution in [2.45, 2.75) is 71.4 Å². The van der Waals surface area contributed by atoms with Crippen LogP contribution in [0.4, 0.5) is 0 Å². The van der Waals surface area contributed by atoms with Crippen molar-refractivity contribution in [3.05, 3.63) is 17.5 Å². The summed E-state index contributed by atoms with van der Waals surface area (Å²) in [5, 5.41) is 15.2. The first-order valence-corrected chi connectivity index (χ1v) is 7.51. The van der Waals surface area contributed by atoms with E-state index < -0.39 is 0 Å². The van der Waals surface area contributed by atoms with E-state index in [1.807, 2.05) is 4.68 Å². The summed E-state index contributed by atoms with van der Waals surface area (Å²) in [5.41, 5.74) is 2.13. The summed E-state index contributed by atoms with van der Waals surface area (Å²) in [6.07, 6.45) is 8.14. The summed E-state index contributed by atoms with van der Waals surface area (Å²) < 4.78 is 1.98. The van der Waals surface area contributed by atoms with Crippen molar-refractivity contribution in [3.8, 4) is 0 Å². The maximum absolute atomic E-state index is 10.6. The van der Waals surface area contributed by atoms with E-state index in [0.29, 0.717) is 5.92 Å². The highest BCUT2D eigenvalue weighted by atomic mass is 16.3. The normalized spacial score (nSPS) is 19.7. The van der Waals surface area contributed by atoms with Crippen molar-refractivity contribution < 1.29 is 5.11 Å². The molecule has 0 radical (unpaired) electrons. The Morgan fingerprint density at radius 3 is 2.50 bits per heavy atom. The first kappa shape index (κ1) is 13.6. The zero-order valence-electron chi connectivity index (χ0n) is 11.7. The molecule has 0 spiro atoms. The Kier molecular flexibility index (Phi) is 4.81. The molecule has 1 aliphatic carbocycles. The minimum Gasteiger partial charge on any atom is -0.387 e. The highest BCUT2D eigenvalue weighted by Gasteiger charge is 2.25. The second-order valence-corrected chi connectivity index (χ2v) is 5.43. The van der Waals surface area contributed by atoms with Crippen LogP contribution in [0.1, 0.15) is 69.9 Å². The largest absolute Gasteiger partial charge is 0.387 e. The average Bonchev–Trinajstić information content (AvgIpc) is 2.63. The fraction of sp³-hybridized carbons (Fsp3) is 0.800. The third-order valence-electron chi connectivity index (χ3n) is 4.17. The molecule has 1 N–H and O–H groups in total. The summed E-state index contributed by atoms with van der Waals surface area (Å²) in [7, 11) is 0. The van der Waals surface area contributed by atoms with Crippen molar-refractivity contribution in [1.82, 2.24) is 9.78 Å². The van der Waals surface area contributed by atoms with E-state index in [1.54, 1.807) is 0 Å². The van der Waals surface area contributed by atoms with E-state index in [9.17, 15) is 5.11 Å². The molecule has 1 fully saturated rings. The lowest BCUT2D eigenvalue weighted by atomic mass is 9.92. The van der Waals surface area contributed by atoms with Gasteiger partial charge in [-0.15, -0.1) is 0 Å². The summed E-state index contributed by atoms with van der Waals surface area (Å²) in [4.78, 5) is 0. The Bertz CT molecular complexity index is 365. The van der Waals surface area contributed by atoms with Crippen LogP contribution >= 0.6 is 0 Å². The lowest BCUT2D eigenvalue weighted by molar-refractivity contribution is 0.0901. The maximum atomic E-state index is 10.6. The van der Waals surface area contributed by atoms with Gasteiger partial charge >= 0.3 is 0 Å². The molecule has 18 heavy (non-hydrogen) atoms. The third-order valence-corrected chi connectivity index (χ3v) is 4.17. The third kappa shape index (κ3) is 2.94. The molecule has 1 aliphatic rings. The van der Waals surface area contributed by atoms with Gasteiger partial charge < -0.3 is 5.11 Å². The van der Waals surface area contributed by atoms with E-state index in [1.165, 1.54) is 25.7 Å². The molecule has 1 heterocycles. The number of rotatable bonds is 4. The summed E-state index contributed by atoms with van der Waals surface area (Å²) >= 11 is 0. The molecule has 1 aromatic heterocycles. The topological polar surface area (TPSA) is 38.0 Å². The first-order chi connectivity index (χ1) is 8.76. The Hall–Kier alpha value is -0.830. The fourth-order valence-electron chi connectivity index (χ4n) is 3.02. The van der Waals surface area contributed by atoms with Gasteiger partial charge in [-0.2, -0.15) is 5.10 Å². The van der Waals surface area contributed by atoms with Crippen LogP contribution in [0.3, 0.4) is 0 Å². The van der Waals surface area contributed by atoms with Gasteiger partial charge in [0.1, 0.15) is 0 Å². The molecule has 0 amide bonds. The standard InChI is InChI=1S/C15H26N2O/c1-3-13-11-14(17(4-2)16-13)15(18)12-9-7-5-6-8-10-12/h11-12,15,18H,3-10H2,1-2H3. The number of aromatic nitrogens is 2. The van der Waals surface area contributed by atoms with Crippen molar-refractivity contribution in [2.24, 2.45) is 5.92 Å². The maximum Gasteiger partial charge on any atom is 0.0984 e. The van der Waals surface area contributed by atoms with E-state index >= 15 is 0 Å². The molecule has 1 unspecified atom stereocenters. The van der Waals surface area contributed by atoms with Crippen LogP contribution in [0.2, 0.25) is 0 Å². The van der Waals surface area contributed by atoms with Crippen molar-refractivity contribution >= 4 is 0 Å². The van der Waals surface area contributed by atoms with Gasteiger partial charge in [0.05, 0.1) is 17.5 Å². The fourth-order valence-corrected chi connectivity index (χ4v) is 3.02. The zero-order valence-corrected chi connectivity index (χ0v) is 11.7. The Morgan fingerprint density at radius 1 is 1.28 bits per heavy atom. The zero-order chi connectivity index (χ0) is 13.0. The highest BCUT2D eigenvalue weighted by molar-refractivity contribution is 5.14. The van der Waals surface area contributed by atoms with Crippen LogP contribution in [0.15, 0.2) is 6.07 Å². The summed E-state index contributed by atoms with van der Waals surface area (Å²) in [6.45, 7) is 5.05. The SMILES string of the molecule is CCc1cc(C(O)C2CCCCCC2)n(CC)n1. The van der Waals surface area contributed by atoms with Crippen LogP contribution in [0, 0.1) is 5.92 Å². The number of aliphatic hydroxyl groups is 1. The second-order valence-electron chi connectivity index (χ2n) is 5.43. The minimum absolute atomic E-state index is 0.323. The Balaban J connectivity index is 2.15. The molecule has 1 atom stereocenters. The van der Waals surface area contributed by atoms with Crippen LogP contribution in [0.5, 0.6) is 0 Å². The van der Waals surface area contributed by atoms with Gasteiger partial charge in [0.2, 0.25) is 0 Å². The van der Waals surface area contributed by atoms with Gasteiger partial charge in [-0.1, -0.05) is 32.6 Å². The average molecular weight is 250 g/mol. The number of aryl methyl sites for hydroxylation is 2. The van der Waals surface area contributed by atoms with Gasteiger partial charge in [0.25, 0.3) is 0 Å². The quantitative estimate of drug-likeness (QED) is 0.831. The van der Waals surface area contributed by atoms with Gasteiger partial charge in [-0.3, -0.25) is 4.68 Å². The van der Waals surface area contributed by atoms with Gasteiger partial charge in [0.15, 0.2) is 0 Å². The molecule has 0 aliphatic heterocycles. The Labute approximate surface area is 110 Å². The molecule has 2 rings (SSSR count).